The number of ether oxygens (including phenoxy) is 2. The lowest BCUT2D eigenvalue weighted by atomic mass is 10.1. The van der Waals surface area contributed by atoms with Crippen LogP contribution in [0.15, 0.2) is 77.0 Å². The lowest BCUT2D eigenvalue weighted by Crippen LogP contribution is -2.34. The number of hydrogen-bond donors (Lipinski definition) is 2. The van der Waals surface area contributed by atoms with Gasteiger partial charge in [0.2, 0.25) is 0 Å². The summed E-state index contributed by atoms with van der Waals surface area (Å²) in [6.07, 6.45) is 4.81. The summed E-state index contributed by atoms with van der Waals surface area (Å²) in [7, 11) is 1.90. The number of aromatic nitrogens is 3. The molecule has 0 radical (unpaired) electrons. The van der Waals surface area contributed by atoms with Gasteiger partial charge in [0.15, 0.2) is 5.84 Å². The van der Waals surface area contributed by atoms with Gasteiger partial charge in [-0.1, -0.05) is 32.3 Å². The van der Waals surface area contributed by atoms with Crippen molar-refractivity contribution >= 4 is 46.3 Å². The second-order valence-electron chi connectivity index (χ2n) is 10.6. The molecule has 13 nitrogen and oxygen atoms in total. The molecule has 0 saturated heterocycles. The highest BCUT2D eigenvalue weighted by Gasteiger charge is 2.21. The quantitative estimate of drug-likeness (QED) is 0.0478. The minimum absolute atomic E-state index is 0.0293. The number of fused-ring (bicyclic) bond motifs is 1. The maximum absolute atomic E-state index is 13.6. The van der Waals surface area contributed by atoms with Gasteiger partial charge in [-0.05, 0) is 67.9 Å². The summed E-state index contributed by atoms with van der Waals surface area (Å²) < 4.78 is 12.1. The molecule has 0 bridgehead atoms. The van der Waals surface area contributed by atoms with E-state index < -0.39 is 6.09 Å². The zero-order valence-electron chi connectivity index (χ0n) is 26.9. The summed E-state index contributed by atoms with van der Waals surface area (Å²) in [5.41, 5.74) is 10.7. The third-order valence-corrected chi connectivity index (χ3v) is 7.36. The van der Waals surface area contributed by atoms with Crippen LogP contribution in [0.25, 0.3) is 11.0 Å². The van der Waals surface area contributed by atoms with Crippen LogP contribution in [0.1, 0.15) is 67.7 Å². The van der Waals surface area contributed by atoms with E-state index in [1.165, 1.54) is 4.90 Å². The normalized spacial score (nSPS) is 11.3. The number of carbonyl (C=O) groups is 3. The predicted octanol–water partition coefficient (Wildman–Crippen LogP) is 6.67. The number of hydrogen-bond acceptors (Lipinski definition) is 9. The molecule has 2 aromatic heterocycles. The lowest BCUT2D eigenvalue weighted by molar-refractivity contribution is -0.142. The number of imidazole rings is 1. The van der Waals surface area contributed by atoms with Crippen molar-refractivity contribution in [3.05, 3.63) is 83.8 Å². The number of carbonyl (C=O) groups excluding carboxylic acids is 3. The van der Waals surface area contributed by atoms with E-state index in [4.69, 9.17) is 20.0 Å². The first kappa shape index (κ1) is 34.4. The Morgan fingerprint density at radius 2 is 1.77 bits per heavy atom. The van der Waals surface area contributed by atoms with Crippen molar-refractivity contribution in [2.24, 2.45) is 17.2 Å². The first-order valence-corrected chi connectivity index (χ1v) is 15.7. The summed E-state index contributed by atoms with van der Waals surface area (Å²) in [4.78, 5) is 52.1. The van der Waals surface area contributed by atoms with E-state index in [1.807, 2.05) is 17.7 Å². The van der Waals surface area contributed by atoms with Crippen molar-refractivity contribution < 1.29 is 23.9 Å². The van der Waals surface area contributed by atoms with Gasteiger partial charge in [0.1, 0.15) is 11.6 Å². The SMILES string of the molecule is CCCCCCOC(=O)/N=C(\N=N)c1ccc(NCc2nc3cc(C(=O)N(CCC(=O)OCC)c4ccccn4)ccc3n2C)cc1. The van der Waals surface area contributed by atoms with Gasteiger partial charge in [0.25, 0.3) is 5.91 Å². The number of amidine groups is 1. The molecule has 0 fully saturated rings. The Bertz CT molecular complexity index is 1700. The van der Waals surface area contributed by atoms with E-state index in [0.717, 1.165) is 42.7 Å². The van der Waals surface area contributed by atoms with E-state index in [-0.39, 0.29) is 43.9 Å². The summed E-state index contributed by atoms with van der Waals surface area (Å²) >= 11 is 0. The number of rotatable bonds is 15. The third kappa shape index (κ3) is 9.52. The predicted molar refractivity (Wildman–Crippen MR) is 179 cm³/mol. The number of amides is 2. The Labute approximate surface area is 273 Å². The molecule has 2 aromatic carbocycles. The highest BCUT2D eigenvalue weighted by atomic mass is 16.5. The Hall–Kier alpha value is -5.46. The molecular weight excluding hydrogens is 600 g/mol. The third-order valence-electron chi connectivity index (χ3n) is 7.36. The van der Waals surface area contributed by atoms with Crippen LogP contribution in [0.3, 0.4) is 0 Å². The zero-order chi connectivity index (χ0) is 33.6. The van der Waals surface area contributed by atoms with Crippen LogP contribution < -0.4 is 10.2 Å². The lowest BCUT2D eigenvalue weighted by Gasteiger charge is -2.21. The Kier molecular flexibility index (Phi) is 12.7. The molecule has 0 unspecified atom stereocenters. The summed E-state index contributed by atoms with van der Waals surface area (Å²) in [6.45, 7) is 4.92. The van der Waals surface area contributed by atoms with Crippen molar-refractivity contribution in [2.75, 3.05) is 30.0 Å². The standard InChI is InChI=1S/C34H40N8O5/c1-4-6-7-10-21-47-34(45)39-32(40-35)24-12-15-26(16-13-24)37-23-30-38-27-22-25(14-17-28(27)41(30)3)33(44)42(20-18-31(43)46-5-2)29-11-8-9-19-36-29/h8-9,11-17,19,22,35,37H,4-7,10,18,20-21,23H2,1-3H3/b39-32-,40-35?. The molecule has 0 spiro atoms. The number of aryl methyl sites for hydroxylation is 1. The van der Waals surface area contributed by atoms with Crippen LogP contribution in [-0.4, -0.2) is 58.1 Å². The highest BCUT2D eigenvalue weighted by molar-refractivity contribution is 6.07. The van der Waals surface area contributed by atoms with E-state index >= 15 is 0 Å². The second-order valence-corrected chi connectivity index (χ2v) is 10.6. The maximum atomic E-state index is 13.6. The smallest absolute Gasteiger partial charge is 0.435 e. The van der Waals surface area contributed by atoms with Gasteiger partial charge in [-0.3, -0.25) is 14.5 Å². The average molecular weight is 641 g/mol. The molecule has 4 aromatic rings. The Balaban J connectivity index is 1.42. The van der Waals surface area contributed by atoms with Crippen molar-refractivity contribution in [1.82, 2.24) is 14.5 Å². The van der Waals surface area contributed by atoms with Gasteiger partial charge in [-0.2, -0.15) is 4.99 Å². The molecule has 4 rings (SSSR count). The molecule has 2 N–H and O–H groups in total. The minimum atomic E-state index is -0.762. The maximum Gasteiger partial charge on any atom is 0.435 e. The number of esters is 1. The monoisotopic (exact) mass is 640 g/mol. The summed E-state index contributed by atoms with van der Waals surface area (Å²) in [5, 5.41) is 6.73. The van der Waals surface area contributed by atoms with Crippen LogP contribution in [-0.2, 0) is 27.9 Å². The Morgan fingerprint density at radius 1 is 0.979 bits per heavy atom. The number of nitrogens with one attached hydrogen (secondary N) is 2. The first-order valence-electron chi connectivity index (χ1n) is 15.7. The van der Waals surface area contributed by atoms with Gasteiger partial charge in [0, 0.05) is 36.6 Å². The molecule has 246 valence electrons. The van der Waals surface area contributed by atoms with E-state index in [2.05, 4.69) is 27.3 Å². The van der Waals surface area contributed by atoms with Crippen LogP contribution in [0.4, 0.5) is 16.3 Å². The van der Waals surface area contributed by atoms with Crippen molar-refractivity contribution in [1.29, 1.82) is 5.53 Å². The average Bonchev–Trinajstić information content (AvgIpc) is 3.41. The molecule has 0 aliphatic heterocycles. The van der Waals surface area contributed by atoms with Crippen molar-refractivity contribution in [3.63, 3.8) is 0 Å². The van der Waals surface area contributed by atoms with Crippen molar-refractivity contribution in [2.45, 2.75) is 52.5 Å². The Morgan fingerprint density at radius 3 is 2.47 bits per heavy atom. The number of aliphatic imine (C=N–C) groups is 1. The van der Waals surface area contributed by atoms with Gasteiger partial charge in [0.05, 0.1) is 37.2 Å². The number of pyridine rings is 1. The number of unbranched alkanes of at least 4 members (excludes halogenated alkanes) is 3. The van der Waals surface area contributed by atoms with Crippen LogP contribution >= 0.6 is 0 Å². The number of benzene rings is 2. The van der Waals surface area contributed by atoms with Gasteiger partial charge < -0.3 is 19.4 Å². The number of anilines is 2. The zero-order valence-corrected chi connectivity index (χ0v) is 26.9. The molecule has 2 heterocycles. The van der Waals surface area contributed by atoms with Crippen molar-refractivity contribution in [3.8, 4) is 0 Å². The van der Waals surface area contributed by atoms with Gasteiger partial charge in [-0.15, -0.1) is 5.11 Å². The fourth-order valence-electron chi connectivity index (χ4n) is 4.85. The van der Waals surface area contributed by atoms with Gasteiger partial charge in [-0.25, -0.2) is 20.3 Å². The minimum Gasteiger partial charge on any atom is -0.466 e. The van der Waals surface area contributed by atoms with Crippen LogP contribution in [0.2, 0.25) is 0 Å². The largest absolute Gasteiger partial charge is 0.466 e. The fourth-order valence-corrected chi connectivity index (χ4v) is 4.85. The molecule has 0 aliphatic rings. The molecular formula is C34H40N8O5. The summed E-state index contributed by atoms with van der Waals surface area (Å²) in [6, 6.07) is 17.6. The number of nitrogens with zero attached hydrogens (tertiary/aromatic N) is 6. The van der Waals surface area contributed by atoms with E-state index in [1.54, 1.807) is 67.7 Å². The van der Waals surface area contributed by atoms with Crippen LogP contribution in [0.5, 0.6) is 0 Å². The molecule has 0 saturated carbocycles. The summed E-state index contributed by atoms with van der Waals surface area (Å²) in [5.74, 6) is 0.455. The fraction of sp³-hybridized carbons (Fsp3) is 0.353. The second kappa shape index (κ2) is 17.3. The molecule has 47 heavy (non-hydrogen) atoms. The molecule has 2 amide bonds. The molecule has 0 aliphatic carbocycles. The van der Waals surface area contributed by atoms with Crippen LogP contribution in [0, 0.1) is 5.53 Å². The first-order chi connectivity index (χ1) is 22.8. The highest BCUT2D eigenvalue weighted by Crippen LogP contribution is 2.21. The molecule has 13 heteroatoms. The van der Waals surface area contributed by atoms with E-state index in [9.17, 15) is 14.4 Å². The van der Waals surface area contributed by atoms with E-state index in [0.29, 0.717) is 29.0 Å². The molecule has 0 atom stereocenters. The topological polar surface area (TPSA) is 164 Å². The van der Waals surface area contributed by atoms with Gasteiger partial charge >= 0.3 is 12.1 Å².